The number of fused-ring (bicyclic) bond motifs is 1. The number of carbonyl (C=O) groups excluding carboxylic acids is 1. The predicted octanol–water partition coefficient (Wildman–Crippen LogP) is 4.21. The number of hydrogen-bond acceptors (Lipinski definition) is 4. The summed E-state index contributed by atoms with van der Waals surface area (Å²) in [7, 11) is -3.38. The minimum atomic E-state index is -3.38. The van der Waals surface area contributed by atoms with Gasteiger partial charge in [-0.1, -0.05) is 12.1 Å². The van der Waals surface area contributed by atoms with Crippen molar-refractivity contribution < 1.29 is 17.6 Å². The lowest BCUT2D eigenvalue weighted by molar-refractivity contribution is 0.0943. The van der Waals surface area contributed by atoms with Crippen LogP contribution < -0.4 is 10.0 Å². The van der Waals surface area contributed by atoms with E-state index in [0.717, 1.165) is 27.5 Å². The van der Waals surface area contributed by atoms with Crippen LogP contribution in [0.15, 0.2) is 42.5 Å². The molecule has 1 aromatic heterocycles. The zero-order chi connectivity index (χ0) is 19.8. The maximum atomic E-state index is 13.5. The summed E-state index contributed by atoms with van der Waals surface area (Å²) in [5.74, 6) is -0.581. The third kappa shape index (κ3) is 4.45. The molecule has 0 saturated carbocycles. The molecule has 3 rings (SSSR count). The molecule has 1 heterocycles. The Morgan fingerprint density at radius 1 is 1.19 bits per heavy atom. The Bertz CT molecular complexity index is 1120. The maximum Gasteiger partial charge on any atom is 0.262 e. The van der Waals surface area contributed by atoms with E-state index in [0.29, 0.717) is 10.6 Å². The van der Waals surface area contributed by atoms with Gasteiger partial charge in [-0.15, -0.1) is 11.3 Å². The number of nitrogens with one attached hydrogen (secondary N) is 2. The zero-order valence-electron chi connectivity index (χ0n) is 15.0. The van der Waals surface area contributed by atoms with Crippen molar-refractivity contribution in [3.05, 3.63) is 64.3 Å². The first-order valence-corrected chi connectivity index (χ1v) is 10.9. The number of rotatable bonds is 5. The third-order valence-electron chi connectivity index (χ3n) is 4.14. The summed E-state index contributed by atoms with van der Waals surface area (Å²) in [5, 5.41) is 3.65. The average Bonchev–Trinajstić information content (AvgIpc) is 2.90. The molecule has 0 aliphatic rings. The maximum absolute atomic E-state index is 13.5. The second kappa shape index (κ2) is 7.28. The Balaban J connectivity index is 1.82. The van der Waals surface area contributed by atoms with Crippen LogP contribution in [0.1, 0.15) is 33.8 Å². The van der Waals surface area contributed by atoms with Gasteiger partial charge in [0.25, 0.3) is 5.91 Å². The van der Waals surface area contributed by atoms with Crippen molar-refractivity contribution in [1.29, 1.82) is 0 Å². The van der Waals surface area contributed by atoms with Gasteiger partial charge >= 0.3 is 0 Å². The SMILES string of the molecule is Cc1c(C(=O)NC(C)c2cccc(NS(C)(=O)=O)c2)sc2ccc(F)cc12. The number of anilines is 1. The lowest BCUT2D eigenvalue weighted by Gasteiger charge is -2.15. The molecule has 27 heavy (non-hydrogen) atoms. The molecule has 2 N–H and O–H groups in total. The van der Waals surface area contributed by atoms with E-state index in [-0.39, 0.29) is 17.8 Å². The summed E-state index contributed by atoms with van der Waals surface area (Å²) < 4.78 is 39.5. The van der Waals surface area contributed by atoms with Crippen LogP contribution in [-0.2, 0) is 10.0 Å². The molecule has 142 valence electrons. The molecule has 3 aromatic rings. The lowest BCUT2D eigenvalue weighted by atomic mass is 10.1. The van der Waals surface area contributed by atoms with Gasteiger partial charge in [0.05, 0.1) is 17.2 Å². The van der Waals surface area contributed by atoms with E-state index in [1.165, 1.54) is 23.5 Å². The van der Waals surface area contributed by atoms with Crippen LogP contribution in [0.5, 0.6) is 0 Å². The molecule has 0 saturated heterocycles. The normalized spacial score (nSPS) is 12.7. The van der Waals surface area contributed by atoms with Gasteiger partial charge in [0.2, 0.25) is 10.0 Å². The fourth-order valence-electron chi connectivity index (χ4n) is 2.84. The minimum absolute atomic E-state index is 0.247. The minimum Gasteiger partial charge on any atom is -0.345 e. The molecular weight excluding hydrogens is 387 g/mol. The topological polar surface area (TPSA) is 75.3 Å². The average molecular weight is 407 g/mol. The van der Waals surface area contributed by atoms with E-state index >= 15 is 0 Å². The van der Waals surface area contributed by atoms with Crippen molar-refractivity contribution >= 4 is 43.0 Å². The number of sulfonamides is 1. The number of thiophene rings is 1. The van der Waals surface area contributed by atoms with Gasteiger partial charge in [-0.2, -0.15) is 0 Å². The number of aryl methyl sites for hydroxylation is 1. The first-order valence-electron chi connectivity index (χ1n) is 8.21. The smallest absolute Gasteiger partial charge is 0.262 e. The first-order chi connectivity index (χ1) is 12.6. The van der Waals surface area contributed by atoms with Crippen LogP contribution in [-0.4, -0.2) is 20.6 Å². The Kier molecular flexibility index (Phi) is 5.21. The summed E-state index contributed by atoms with van der Waals surface area (Å²) in [6, 6.07) is 11.0. The highest BCUT2D eigenvalue weighted by Gasteiger charge is 2.18. The summed E-state index contributed by atoms with van der Waals surface area (Å²) in [6.07, 6.45) is 1.08. The zero-order valence-corrected chi connectivity index (χ0v) is 16.7. The summed E-state index contributed by atoms with van der Waals surface area (Å²) in [6.45, 7) is 3.62. The van der Waals surface area contributed by atoms with E-state index in [1.54, 1.807) is 31.2 Å². The van der Waals surface area contributed by atoms with Crippen LogP contribution in [0.3, 0.4) is 0 Å². The standard InChI is InChI=1S/C19H19FN2O3S2/c1-11-16-10-14(20)7-8-17(16)26-18(11)19(23)21-12(2)13-5-4-6-15(9-13)22-27(3,24)25/h4-10,12,22H,1-3H3,(H,21,23). The third-order valence-corrected chi connectivity index (χ3v) is 6.02. The van der Waals surface area contributed by atoms with E-state index in [4.69, 9.17) is 0 Å². The number of carbonyl (C=O) groups is 1. The molecule has 2 aromatic carbocycles. The number of amides is 1. The van der Waals surface area contributed by atoms with Gasteiger partial charge in [0.15, 0.2) is 0 Å². The van der Waals surface area contributed by atoms with Crippen LogP contribution >= 0.6 is 11.3 Å². The lowest BCUT2D eigenvalue weighted by Crippen LogP contribution is -2.26. The predicted molar refractivity (Wildman–Crippen MR) is 107 cm³/mol. The molecule has 0 fully saturated rings. The van der Waals surface area contributed by atoms with Gasteiger partial charge in [-0.05, 0) is 60.7 Å². The van der Waals surface area contributed by atoms with Crippen molar-refractivity contribution in [2.75, 3.05) is 11.0 Å². The molecule has 1 atom stereocenters. The molecule has 1 unspecified atom stereocenters. The Morgan fingerprint density at radius 2 is 1.93 bits per heavy atom. The second-order valence-electron chi connectivity index (χ2n) is 6.39. The molecule has 0 aliphatic carbocycles. The molecule has 0 bridgehead atoms. The van der Waals surface area contributed by atoms with E-state index in [1.807, 2.05) is 13.0 Å². The van der Waals surface area contributed by atoms with Crippen LogP contribution in [0.2, 0.25) is 0 Å². The van der Waals surface area contributed by atoms with Gasteiger partial charge in [-0.25, -0.2) is 12.8 Å². The molecule has 5 nitrogen and oxygen atoms in total. The molecular formula is C19H19FN2O3S2. The number of benzene rings is 2. The summed E-state index contributed by atoms with van der Waals surface area (Å²) in [5.41, 5.74) is 1.94. The van der Waals surface area contributed by atoms with Crippen molar-refractivity contribution in [2.45, 2.75) is 19.9 Å². The highest BCUT2D eigenvalue weighted by molar-refractivity contribution is 7.92. The van der Waals surface area contributed by atoms with Gasteiger partial charge in [0, 0.05) is 10.4 Å². The van der Waals surface area contributed by atoms with Crippen LogP contribution in [0.25, 0.3) is 10.1 Å². The Morgan fingerprint density at radius 3 is 2.63 bits per heavy atom. The fraction of sp³-hybridized carbons (Fsp3) is 0.211. The van der Waals surface area contributed by atoms with E-state index in [2.05, 4.69) is 10.0 Å². The van der Waals surface area contributed by atoms with Crippen LogP contribution in [0.4, 0.5) is 10.1 Å². The Labute approximate surface area is 161 Å². The van der Waals surface area contributed by atoms with Crippen LogP contribution in [0, 0.1) is 12.7 Å². The summed E-state index contributed by atoms with van der Waals surface area (Å²) >= 11 is 1.32. The van der Waals surface area contributed by atoms with Crippen molar-refractivity contribution in [3.63, 3.8) is 0 Å². The molecule has 1 amide bonds. The van der Waals surface area contributed by atoms with E-state index in [9.17, 15) is 17.6 Å². The van der Waals surface area contributed by atoms with E-state index < -0.39 is 10.0 Å². The second-order valence-corrected chi connectivity index (χ2v) is 9.19. The fourth-order valence-corrected chi connectivity index (χ4v) is 4.49. The van der Waals surface area contributed by atoms with Gasteiger partial charge in [0.1, 0.15) is 5.82 Å². The van der Waals surface area contributed by atoms with Crippen molar-refractivity contribution in [3.8, 4) is 0 Å². The molecule has 0 aliphatic heterocycles. The van der Waals surface area contributed by atoms with Crippen molar-refractivity contribution in [1.82, 2.24) is 5.32 Å². The number of hydrogen-bond donors (Lipinski definition) is 2. The number of halogens is 1. The van der Waals surface area contributed by atoms with Crippen molar-refractivity contribution in [2.24, 2.45) is 0 Å². The quantitative estimate of drug-likeness (QED) is 0.666. The highest BCUT2D eigenvalue weighted by Crippen LogP contribution is 2.31. The molecule has 0 radical (unpaired) electrons. The first kappa shape index (κ1) is 19.3. The summed E-state index contributed by atoms with van der Waals surface area (Å²) in [4.78, 5) is 13.2. The molecule has 0 spiro atoms. The monoisotopic (exact) mass is 406 g/mol. The highest BCUT2D eigenvalue weighted by atomic mass is 32.2. The van der Waals surface area contributed by atoms with Gasteiger partial charge in [-0.3, -0.25) is 9.52 Å². The Hall–Kier alpha value is -2.45. The molecule has 8 heteroatoms. The largest absolute Gasteiger partial charge is 0.345 e. The van der Waals surface area contributed by atoms with Gasteiger partial charge < -0.3 is 5.32 Å².